The van der Waals surface area contributed by atoms with Crippen molar-refractivity contribution < 1.29 is 14.2 Å². The molecule has 0 aromatic heterocycles. The van der Waals surface area contributed by atoms with Crippen LogP contribution >= 0.6 is 0 Å². The second kappa shape index (κ2) is 7.28. The van der Waals surface area contributed by atoms with Crippen LogP contribution in [0.15, 0.2) is 0 Å². The van der Waals surface area contributed by atoms with E-state index in [0.717, 1.165) is 19.8 Å². The molecule has 0 aromatic carbocycles. The zero-order valence-electron chi connectivity index (χ0n) is 11.3. The molecule has 0 amide bonds. The summed E-state index contributed by atoms with van der Waals surface area (Å²) in [4.78, 5) is 2.39. The molecule has 1 aliphatic heterocycles. The monoisotopic (exact) mass is 246 g/mol. The van der Waals surface area contributed by atoms with E-state index in [1.54, 1.807) is 7.11 Å². The zero-order chi connectivity index (χ0) is 12.7. The number of ether oxygens (including phenoxy) is 3. The Kier molecular flexibility index (Phi) is 6.37. The lowest BCUT2D eigenvalue weighted by Crippen LogP contribution is -2.60. The predicted octanol–water partition coefficient (Wildman–Crippen LogP) is 0.0875. The lowest BCUT2D eigenvalue weighted by molar-refractivity contribution is -0.0865. The molecule has 1 unspecified atom stereocenters. The standard InChI is InChI=1S/C12H26N2O3/c1-12(2)10-17-5-4-14(12)11(8-13)9-16-7-6-15-3/h11H,4-10,13H2,1-3H3. The fourth-order valence-electron chi connectivity index (χ4n) is 2.19. The van der Waals surface area contributed by atoms with Crippen molar-refractivity contribution in [2.24, 2.45) is 5.73 Å². The molecule has 0 aliphatic carbocycles. The number of nitrogens with zero attached hydrogens (tertiary/aromatic N) is 1. The smallest absolute Gasteiger partial charge is 0.0701 e. The summed E-state index contributed by atoms with van der Waals surface area (Å²) < 4.78 is 16.0. The molecule has 0 aromatic rings. The van der Waals surface area contributed by atoms with Crippen LogP contribution in [0.25, 0.3) is 0 Å². The van der Waals surface area contributed by atoms with Crippen LogP contribution in [0.3, 0.4) is 0 Å². The predicted molar refractivity (Wildman–Crippen MR) is 67.1 cm³/mol. The van der Waals surface area contributed by atoms with E-state index in [1.807, 2.05) is 0 Å². The molecule has 1 heterocycles. The van der Waals surface area contributed by atoms with Crippen LogP contribution in [-0.2, 0) is 14.2 Å². The number of hydrogen-bond acceptors (Lipinski definition) is 5. The Morgan fingerprint density at radius 1 is 1.41 bits per heavy atom. The summed E-state index contributed by atoms with van der Waals surface area (Å²) >= 11 is 0. The first-order valence-electron chi connectivity index (χ1n) is 6.23. The highest BCUT2D eigenvalue weighted by atomic mass is 16.5. The van der Waals surface area contributed by atoms with Crippen molar-refractivity contribution in [1.82, 2.24) is 4.90 Å². The van der Waals surface area contributed by atoms with Gasteiger partial charge in [-0.25, -0.2) is 0 Å². The molecule has 0 bridgehead atoms. The lowest BCUT2D eigenvalue weighted by atomic mass is 10.00. The third-order valence-corrected chi connectivity index (χ3v) is 3.16. The molecule has 1 atom stereocenters. The van der Waals surface area contributed by atoms with E-state index in [0.29, 0.717) is 26.4 Å². The molecule has 0 saturated carbocycles. The first-order chi connectivity index (χ1) is 8.11. The third kappa shape index (κ3) is 4.52. The van der Waals surface area contributed by atoms with E-state index in [4.69, 9.17) is 19.9 Å². The van der Waals surface area contributed by atoms with Crippen molar-refractivity contribution in [3.8, 4) is 0 Å². The molecular formula is C12H26N2O3. The zero-order valence-corrected chi connectivity index (χ0v) is 11.3. The maximum absolute atomic E-state index is 5.85. The van der Waals surface area contributed by atoms with Gasteiger partial charge in [0.2, 0.25) is 0 Å². The van der Waals surface area contributed by atoms with Gasteiger partial charge in [0.25, 0.3) is 0 Å². The SMILES string of the molecule is COCCOCC(CN)N1CCOCC1(C)C. The maximum atomic E-state index is 5.85. The number of hydrogen-bond donors (Lipinski definition) is 1. The van der Waals surface area contributed by atoms with E-state index in [1.165, 1.54) is 0 Å². The summed E-state index contributed by atoms with van der Waals surface area (Å²) in [5, 5.41) is 0. The molecule has 5 nitrogen and oxygen atoms in total. The molecule has 17 heavy (non-hydrogen) atoms. The third-order valence-electron chi connectivity index (χ3n) is 3.16. The topological polar surface area (TPSA) is 57.0 Å². The van der Waals surface area contributed by atoms with E-state index in [9.17, 15) is 0 Å². The molecule has 2 N–H and O–H groups in total. The van der Waals surface area contributed by atoms with Crippen LogP contribution in [0.1, 0.15) is 13.8 Å². The van der Waals surface area contributed by atoms with Crippen LogP contribution in [0.2, 0.25) is 0 Å². The molecule has 1 fully saturated rings. The van der Waals surface area contributed by atoms with Crippen molar-refractivity contribution in [3.05, 3.63) is 0 Å². The highest BCUT2D eigenvalue weighted by Crippen LogP contribution is 2.21. The van der Waals surface area contributed by atoms with Gasteiger partial charge in [-0.1, -0.05) is 0 Å². The van der Waals surface area contributed by atoms with Crippen LogP contribution in [0.4, 0.5) is 0 Å². The summed E-state index contributed by atoms with van der Waals surface area (Å²) in [5.41, 5.74) is 5.88. The molecule has 1 saturated heterocycles. The fraction of sp³-hybridized carbons (Fsp3) is 1.00. The Morgan fingerprint density at radius 2 is 2.18 bits per heavy atom. The van der Waals surface area contributed by atoms with Crippen LogP contribution < -0.4 is 5.73 Å². The lowest BCUT2D eigenvalue weighted by Gasteiger charge is -2.46. The second-order valence-electron chi connectivity index (χ2n) is 5.02. The van der Waals surface area contributed by atoms with Gasteiger partial charge in [-0.3, -0.25) is 4.90 Å². The molecular weight excluding hydrogens is 220 g/mol. The van der Waals surface area contributed by atoms with Gasteiger partial charge in [-0.05, 0) is 13.8 Å². The van der Waals surface area contributed by atoms with Crippen LogP contribution in [-0.4, -0.2) is 69.7 Å². The van der Waals surface area contributed by atoms with Crippen molar-refractivity contribution in [3.63, 3.8) is 0 Å². The van der Waals surface area contributed by atoms with Crippen molar-refractivity contribution in [2.75, 3.05) is 53.2 Å². The Hall–Kier alpha value is -0.200. The second-order valence-corrected chi connectivity index (χ2v) is 5.02. The Balaban J connectivity index is 2.42. The van der Waals surface area contributed by atoms with Gasteiger partial charge in [0.05, 0.1) is 33.0 Å². The van der Waals surface area contributed by atoms with Gasteiger partial charge in [-0.15, -0.1) is 0 Å². The first-order valence-corrected chi connectivity index (χ1v) is 6.23. The number of morpholine rings is 1. The fourth-order valence-corrected chi connectivity index (χ4v) is 2.19. The van der Waals surface area contributed by atoms with Crippen LogP contribution in [0, 0.1) is 0 Å². The quantitative estimate of drug-likeness (QED) is 0.645. The van der Waals surface area contributed by atoms with Gasteiger partial charge in [0.1, 0.15) is 0 Å². The van der Waals surface area contributed by atoms with E-state index < -0.39 is 0 Å². The summed E-state index contributed by atoms with van der Waals surface area (Å²) in [5.74, 6) is 0. The van der Waals surface area contributed by atoms with Crippen LogP contribution in [0.5, 0.6) is 0 Å². The average Bonchev–Trinajstić information content (AvgIpc) is 2.30. The van der Waals surface area contributed by atoms with Crippen molar-refractivity contribution >= 4 is 0 Å². The van der Waals surface area contributed by atoms with Crippen molar-refractivity contribution in [1.29, 1.82) is 0 Å². The summed E-state index contributed by atoms with van der Waals surface area (Å²) in [7, 11) is 1.68. The Morgan fingerprint density at radius 3 is 2.76 bits per heavy atom. The highest BCUT2D eigenvalue weighted by molar-refractivity contribution is 4.89. The first kappa shape index (κ1) is 14.9. The number of nitrogens with two attached hydrogens (primary N) is 1. The minimum atomic E-state index is 0.0346. The molecule has 102 valence electrons. The van der Waals surface area contributed by atoms with Crippen molar-refractivity contribution in [2.45, 2.75) is 25.4 Å². The molecule has 1 rings (SSSR count). The summed E-state index contributed by atoms with van der Waals surface area (Å²) in [6.07, 6.45) is 0. The summed E-state index contributed by atoms with van der Waals surface area (Å²) in [6.45, 7) is 9.33. The molecule has 0 radical (unpaired) electrons. The minimum absolute atomic E-state index is 0.0346. The maximum Gasteiger partial charge on any atom is 0.0701 e. The van der Waals surface area contributed by atoms with Gasteiger partial charge < -0.3 is 19.9 Å². The largest absolute Gasteiger partial charge is 0.382 e. The van der Waals surface area contributed by atoms with Gasteiger partial charge in [-0.2, -0.15) is 0 Å². The van der Waals surface area contributed by atoms with E-state index in [-0.39, 0.29) is 11.6 Å². The van der Waals surface area contributed by atoms with Gasteiger partial charge in [0, 0.05) is 31.8 Å². The highest BCUT2D eigenvalue weighted by Gasteiger charge is 2.34. The number of methoxy groups -OCH3 is 1. The average molecular weight is 246 g/mol. The van der Waals surface area contributed by atoms with Gasteiger partial charge in [0.15, 0.2) is 0 Å². The Bertz CT molecular complexity index is 212. The Labute approximate surface area is 104 Å². The van der Waals surface area contributed by atoms with E-state index in [2.05, 4.69) is 18.7 Å². The summed E-state index contributed by atoms with van der Waals surface area (Å²) in [6, 6.07) is 0.255. The normalized spacial score (nSPS) is 22.6. The minimum Gasteiger partial charge on any atom is -0.382 e. The molecule has 1 aliphatic rings. The molecule has 0 spiro atoms. The number of rotatable bonds is 7. The van der Waals surface area contributed by atoms with E-state index >= 15 is 0 Å². The molecule has 5 heteroatoms. The van der Waals surface area contributed by atoms with Gasteiger partial charge >= 0.3 is 0 Å².